The van der Waals surface area contributed by atoms with Crippen molar-refractivity contribution in [2.45, 2.75) is 18.5 Å². The molecule has 1 aliphatic rings. The van der Waals surface area contributed by atoms with E-state index in [-0.39, 0.29) is 18.5 Å². The van der Waals surface area contributed by atoms with Gasteiger partial charge in [-0.15, -0.1) is 0 Å². The molecule has 0 spiro atoms. The largest absolute Gasteiger partial charge is 0.317 e. The molecular weight excluding hydrogens is 142 g/mol. The van der Waals surface area contributed by atoms with Crippen LogP contribution >= 0.6 is 0 Å². The van der Waals surface area contributed by atoms with Gasteiger partial charge in [0, 0.05) is 6.54 Å². The Labute approximate surface area is 67.1 Å². The normalized spacial score (nSPS) is 38.7. The van der Waals surface area contributed by atoms with E-state index in [1.807, 2.05) is 19.0 Å². The Bertz CT molecular complexity index is 120. The molecule has 0 aromatic carbocycles. The van der Waals surface area contributed by atoms with E-state index in [2.05, 4.69) is 10.6 Å². The summed E-state index contributed by atoms with van der Waals surface area (Å²) in [6.45, 7) is 0.859. The van der Waals surface area contributed by atoms with Crippen LogP contribution in [-0.2, 0) is 0 Å². The quantitative estimate of drug-likeness (QED) is 0.345. The van der Waals surface area contributed by atoms with E-state index in [1.54, 1.807) is 0 Å². The molecule has 0 aromatic heterocycles. The van der Waals surface area contributed by atoms with E-state index in [4.69, 9.17) is 11.5 Å². The highest BCUT2D eigenvalue weighted by Crippen LogP contribution is 2.20. The topological polar surface area (TPSA) is 79.1 Å². The third-order valence-corrected chi connectivity index (χ3v) is 2.04. The molecule has 0 radical (unpaired) electrons. The zero-order valence-electron chi connectivity index (χ0n) is 7.04. The molecule has 11 heavy (non-hydrogen) atoms. The summed E-state index contributed by atoms with van der Waals surface area (Å²) >= 11 is 0. The zero-order valence-corrected chi connectivity index (χ0v) is 7.04. The second kappa shape index (κ2) is 3.46. The van der Waals surface area contributed by atoms with Gasteiger partial charge in [-0.1, -0.05) is 0 Å². The van der Waals surface area contributed by atoms with Gasteiger partial charge in [-0.25, -0.2) is 0 Å². The maximum atomic E-state index is 5.65. The minimum Gasteiger partial charge on any atom is -0.317 e. The van der Waals surface area contributed by atoms with Crippen molar-refractivity contribution in [1.29, 1.82) is 0 Å². The molecule has 1 rings (SSSR count). The van der Waals surface area contributed by atoms with E-state index >= 15 is 0 Å². The van der Waals surface area contributed by atoms with Crippen LogP contribution in [0.1, 0.15) is 0 Å². The third kappa shape index (κ3) is 1.69. The summed E-state index contributed by atoms with van der Waals surface area (Å²) in [5.74, 6) is 0. The summed E-state index contributed by atoms with van der Waals surface area (Å²) < 4.78 is 0. The summed E-state index contributed by atoms with van der Waals surface area (Å²) in [5.41, 5.74) is 11.3. The van der Waals surface area contributed by atoms with Crippen molar-refractivity contribution in [1.82, 2.24) is 15.5 Å². The highest BCUT2D eigenvalue weighted by atomic mass is 15.5. The molecule has 0 aromatic rings. The first-order chi connectivity index (χ1) is 5.22. The van der Waals surface area contributed by atoms with Crippen LogP contribution in [0.2, 0.25) is 0 Å². The number of rotatable bonds is 4. The minimum absolute atomic E-state index is 0.0285. The molecule has 0 amide bonds. The number of hydrogen-bond donors (Lipinski definition) is 4. The zero-order chi connectivity index (χ0) is 8.43. The monoisotopic (exact) mass is 159 g/mol. The summed E-state index contributed by atoms with van der Waals surface area (Å²) in [6.07, 6.45) is 0.312. The summed E-state index contributed by atoms with van der Waals surface area (Å²) in [7, 11) is 3.81. The van der Waals surface area contributed by atoms with Gasteiger partial charge in [-0.3, -0.25) is 4.90 Å². The van der Waals surface area contributed by atoms with E-state index < -0.39 is 0 Å². The third-order valence-electron chi connectivity index (χ3n) is 2.04. The van der Waals surface area contributed by atoms with Crippen LogP contribution in [-0.4, -0.2) is 44.0 Å². The van der Waals surface area contributed by atoms with Crippen molar-refractivity contribution in [2.75, 3.05) is 20.6 Å². The number of hydrogen-bond acceptors (Lipinski definition) is 5. The first-order valence-corrected chi connectivity index (χ1v) is 3.83. The van der Waals surface area contributed by atoms with E-state index in [0.29, 0.717) is 0 Å². The molecule has 3 unspecified atom stereocenters. The highest BCUT2D eigenvalue weighted by molar-refractivity contribution is 4.97. The maximum Gasteiger partial charge on any atom is 0.0894 e. The highest BCUT2D eigenvalue weighted by Gasteiger charge is 2.45. The van der Waals surface area contributed by atoms with Crippen molar-refractivity contribution in [2.24, 2.45) is 11.5 Å². The minimum atomic E-state index is 0.0285. The van der Waals surface area contributed by atoms with Gasteiger partial charge >= 0.3 is 0 Å². The second-order valence-electron chi connectivity index (χ2n) is 2.79. The van der Waals surface area contributed by atoms with E-state index in [9.17, 15) is 0 Å². The number of likely N-dealkylation sites (N-methyl/N-ethyl adjacent to an activating group) is 2. The van der Waals surface area contributed by atoms with Gasteiger partial charge in [0.2, 0.25) is 0 Å². The Morgan fingerprint density at radius 2 is 1.91 bits per heavy atom. The molecule has 0 aliphatic carbocycles. The van der Waals surface area contributed by atoms with Gasteiger partial charge in [0.1, 0.15) is 0 Å². The lowest BCUT2D eigenvalue weighted by Gasteiger charge is -2.17. The molecule has 1 aliphatic heterocycles. The lowest BCUT2D eigenvalue weighted by Crippen LogP contribution is -2.43. The smallest absolute Gasteiger partial charge is 0.0894 e. The molecule has 1 heterocycles. The van der Waals surface area contributed by atoms with Crippen LogP contribution in [0, 0.1) is 0 Å². The summed E-state index contributed by atoms with van der Waals surface area (Å²) in [4.78, 5) is 2.02. The van der Waals surface area contributed by atoms with Crippen LogP contribution in [0.15, 0.2) is 0 Å². The van der Waals surface area contributed by atoms with Crippen LogP contribution in [0.25, 0.3) is 0 Å². The van der Waals surface area contributed by atoms with E-state index in [0.717, 1.165) is 6.54 Å². The van der Waals surface area contributed by atoms with Gasteiger partial charge in [-0.2, -0.15) is 0 Å². The molecule has 1 fully saturated rings. The van der Waals surface area contributed by atoms with Crippen molar-refractivity contribution in [3.63, 3.8) is 0 Å². The van der Waals surface area contributed by atoms with Crippen molar-refractivity contribution < 1.29 is 0 Å². The fraction of sp³-hybridized carbons (Fsp3) is 1.00. The second-order valence-corrected chi connectivity index (χ2v) is 2.79. The molecule has 1 saturated heterocycles. The Hall–Kier alpha value is -0.200. The van der Waals surface area contributed by atoms with Gasteiger partial charge in [0.05, 0.1) is 18.5 Å². The van der Waals surface area contributed by atoms with Crippen LogP contribution in [0.3, 0.4) is 0 Å². The molecule has 3 atom stereocenters. The average Bonchev–Trinajstić information content (AvgIpc) is 2.56. The molecule has 5 nitrogen and oxygen atoms in total. The van der Waals surface area contributed by atoms with E-state index in [1.165, 1.54) is 0 Å². The summed E-state index contributed by atoms with van der Waals surface area (Å²) in [6, 6.07) is 0. The Balaban J connectivity index is 2.32. The van der Waals surface area contributed by atoms with Crippen molar-refractivity contribution >= 4 is 0 Å². The van der Waals surface area contributed by atoms with Gasteiger partial charge < -0.3 is 22.1 Å². The predicted molar refractivity (Wildman–Crippen MR) is 44.6 cm³/mol. The first-order valence-electron chi connectivity index (χ1n) is 3.83. The van der Waals surface area contributed by atoms with Gasteiger partial charge in [-0.05, 0) is 14.1 Å². The Kier molecular flexibility index (Phi) is 2.80. The van der Waals surface area contributed by atoms with Crippen LogP contribution in [0.4, 0.5) is 0 Å². The maximum absolute atomic E-state index is 5.65. The predicted octanol–water partition coefficient (Wildman–Crippen LogP) is -2.36. The molecule has 66 valence electrons. The SMILES string of the molecule is CNCC(NC)N1C(N)C1N. The standard InChI is InChI=1S/C6H17N5/c1-9-3-4(10-2)11-5(7)6(11)8/h4-6,9-10H,3,7-8H2,1-2H3. The number of nitrogens with one attached hydrogen (secondary N) is 2. The fourth-order valence-corrected chi connectivity index (χ4v) is 1.25. The molecule has 0 bridgehead atoms. The molecular formula is C6H17N5. The average molecular weight is 159 g/mol. The summed E-state index contributed by atoms with van der Waals surface area (Å²) in [5, 5.41) is 6.20. The first kappa shape index (κ1) is 8.89. The lowest BCUT2D eigenvalue weighted by molar-refractivity contribution is 0.305. The molecule has 0 saturated carbocycles. The molecule has 5 heteroatoms. The Morgan fingerprint density at radius 3 is 2.18 bits per heavy atom. The van der Waals surface area contributed by atoms with Crippen LogP contribution < -0.4 is 22.1 Å². The lowest BCUT2D eigenvalue weighted by atomic mass is 10.5. The molecule has 6 N–H and O–H groups in total. The van der Waals surface area contributed by atoms with Gasteiger partial charge in [0.15, 0.2) is 0 Å². The van der Waals surface area contributed by atoms with Crippen molar-refractivity contribution in [3.05, 3.63) is 0 Å². The number of nitrogens with zero attached hydrogens (tertiary/aromatic N) is 1. The van der Waals surface area contributed by atoms with Crippen LogP contribution in [0.5, 0.6) is 0 Å². The number of nitrogens with two attached hydrogens (primary N) is 2. The van der Waals surface area contributed by atoms with Gasteiger partial charge in [0.25, 0.3) is 0 Å². The van der Waals surface area contributed by atoms with Crippen molar-refractivity contribution in [3.8, 4) is 0 Å². The Morgan fingerprint density at radius 1 is 1.36 bits per heavy atom. The fourth-order valence-electron chi connectivity index (χ4n) is 1.25.